The van der Waals surface area contributed by atoms with Crippen molar-refractivity contribution in [2.45, 2.75) is 19.9 Å². The zero-order chi connectivity index (χ0) is 23.9. The van der Waals surface area contributed by atoms with E-state index in [0.29, 0.717) is 35.7 Å². The van der Waals surface area contributed by atoms with E-state index in [2.05, 4.69) is 20.9 Å². The quantitative estimate of drug-likeness (QED) is 0.468. The standard InChI is InChI=1S/C23H17BrCl2N2O4S/c1-3-32-22(31)18-11(2)27-23-28(19(18)12-4-6-15(25)7-5-12)21(30)17(33-23)9-13-8-14(24)10-16(26)20(13)29/h4-10,19,29H,3H2,1-2H3/b17-9-/t19-/m0/s1. The number of benzene rings is 2. The maximum absolute atomic E-state index is 13.5. The van der Waals surface area contributed by atoms with E-state index in [1.165, 1.54) is 4.57 Å². The van der Waals surface area contributed by atoms with E-state index in [-0.39, 0.29) is 28.5 Å². The first-order valence-corrected chi connectivity index (χ1v) is 12.2. The summed E-state index contributed by atoms with van der Waals surface area (Å²) < 4.78 is 7.72. The summed E-state index contributed by atoms with van der Waals surface area (Å²) >= 11 is 16.6. The fourth-order valence-corrected chi connectivity index (χ4v) is 5.59. The number of nitrogens with zero attached hydrogens (tertiary/aromatic N) is 2. The average Bonchev–Trinajstić information content (AvgIpc) is 3.06. The van der Waals surface area contributed by atoms with Crippen LogP contribution in [0.25, 0.3) is 6.08 Å². The highest BCUT2D eigenvalue weighted by Gasteiger charge is 2.33. The number of allylic oxidation sites excluding steroid dienone is 1. The summed E-state index contributed by atoms with van der Waals surface area (Å²) in [5, 5.41) is 11.0. The van der Waals surface area contributed by atoms with E-state index in [1.54, 1.807) is 56.3 Å². The first-order chi connectivity index (χ1) is 15.7. The highest BCUT2D eigenvalue weighted by atomic mass is 79.9. The molecule has 33 heavy (non-hydrogen) atoms. The summed E-state index contributed by atoms with van der Waals surface area (Å²) in [5.74, 6) is -0.673. The molecule has 0 radical (unpaired) electrons. The summed E-state index contributed by atoms with van der Waals surface area (Å²) in [6.07, 6.45) is 1.55. The summed E-state index contributed by atoms with van der Waals surface area (Å²) in [4.78, 5) is 31.3. The van der Waals surface area contributed by atoms with Crippen LogP contribution < -0.4 is 14.9 Å². The number of halogens is 3. The van der Waals surface area contributed by atoms with Gasteiger partial charge in [0.2, 0.25) is 0 Å². The number of fused-ring (bicyclic) bond motifs is 1. The minimum absolute atomic E-state index is 0.136. The predicted octanol–water partition coefficient (Wildman–Crippen LogP) is 4.57. The minimum atomic E-state index is -0.737. The number of phenolic OH excluding ortho intramolecular Hbond substituents is 1. The average molecular weight is 568 g/mol. The van der Waals surface area contributed by atoms with Crippen molar-refractivity contribution in [3.05, 3.63) is 93.0 Å². The SMILES string of the molecule is CCOC(=O)C1=C(C)N=c2s/c(=C\c3cc(Br)cc(Cl)c3O)c(=O)n2[C@H]1c1ccc(Cl)cc1. The number of thiazole rings is 1. The third-order valence-electron chi connectivity index (χ3n) is 5.05. The molecule has 2 heterocycles. The van der Waals surface area contributed by atoms with Gasteiger partial charge in [-0.15, -0.1) is 0 Å². The van der Waals surface area contributed by atoms with Crippen LogP contribution >= 0.6 is 50.5 Å². The van der Waals surface area contributed by atoms with Crippen molar-refractivity contribution in [3.8, 4) is 5.75 Å². The molecule has 10 heteroatoms. The molecular formula is C23H17BrCl2N2O4S. The van der Waals surface area contributed by atoms with Crippen LogP contribution in [0.5, 0.6) is 5.75 Å². The number of hydrogen-bond donors (Lipinski definition) is 1. The second kappa shape index (κ2) is 9.46. The van der Waals surface area contributed by atoms with Crippen LogP contribution in [-0.4, -0.2) is 22.2 Å². The van der Waals surface area contributed by atoms with Gasteiger partial charge in [0.25, 0.3) is 5.56 Å². The van der Waals surface area contributed by atoms with E-state index in [0.717, 1.165) is 11.3 Å². The van der Waals surface area contributed by atoms with Crippen LogP contribution in [0.15, 0.2) is 61.9 Å². The first kappa shape index (κ1) is 23.8. The molecule has 0 saturated carbocycles. The third kappa shape index (κ3) is 4.53. The fraction of sp³-hybridized carbons (Fsp3) is 0.174. The lowest BCUT2D eigenvalue weighted by atomic mass is 9.96. The molecule has 0 fully saturated rings. The predicted molar refractivity (Wildman–Crippen MR) is 133 cm³/mol. The number of aromatic nitrogens is 1. The molecular weight excluding hydrogens is 551 g/mol. The van der Waals surface area contributed by atoms with Gasteiger partial charge in [0.05, 0.1) is 33.5 Å². The lowest BCUT2D eigenvalue weighted by molar-refractivity contribution is -0.139. The number of rotatable bonds is 4. The molecule has 170 valence electrons. The zero-order valence-electron chi connectivity index (χ0n) is 17.4. The number of aromatic hydroxyl groups is 1. The summed E-state index contributed by atoms with van der Waals surface area (Å²) in [6.45, 7) is 3.62. The molecule has 0 aliphatic carbocycles. The van der Waals surface area contributed by atoms with Gasteiger partial charge in [-0.3, -0.25) is 9.36 Å². The molecule has 0 bridgehead atoms. The smallest absolute Gasteiger partial charge is 0.338 e. The number of hydrogen-bond acceptors (Lipinski definition) is 6. The third-order valence-corrected chi connectivity index (χ3v) is 7.03. The molecule has 0 spiro atoms. The first-order valence-electron chi connectivity index (χ1n) is 9.84. The van der Waals surface area contributed by atoms with E-state index in [9.17, 15) is 14.7 Å². The molecule has 1 aliphatic rings. The number of phenols is 1. The van der Waals surface area contributed by atoms with Gasteiger partial charge in [0, 0.05) is 15.1 Å². The van der Waals surface area contributed by atoms with Crippen molar-refractivity contribution < 1.29 is 14.6 Å². The number of carbonyl (C=O) groups excluding carboxylic acids is 1. The van der Waals surface area contributed by atoms with Gasteiger partial charge in [-0.25, -0.2) is 9.79 Å². The van der Waals surface area contributed by atoms with Gasteiger partial charge >= 0.3 is 5.97 Å². The van der Waals surface area contributed by atoms with Gasteiger partial charge in [0.15, 0.2) is 4.80 Å². The minimum Gasteiger partial charge on any atom is -0.506 e. The van der Waals surface area contributed by atoms with Crippen molar-refractivity contribution in [1.82, 2.24) is 4.57 Å². The molecule has 1 atom stereocenters. The molecule has 4 rings (SSSR count). The molecule has 0 amide bonds. The summed E-state index contributed by atoms with van der Waals surface area (Å²) in [7, 11) is 0. The Morgan fingerprint density at radius 2 is 2.00 bits per heavy atom. The summed E-state index contributed by atoms with van der Waals surface area (Å²) in [5.41, 5.74) is 1.46. The largest absolute Gasteiger partial charge is 0.506 e. The normalized spacial score (nSPS) is 15.9. The molecule has 0 saturated heterocycles. The Balaban J connectivity index is 1.98. The monoisotopic (exact) mass is 566 g/mol. The van der Waals surface area contributed by atoms with Gasteiger partial charge in [-0.1, -0.05) is 62.6 Å². The van der Waals surface area contributed by atoms with Crippen LogP contribution in [0.3, 0.4) is 0 Å². The lowest BCUT2D eigenvalue weighted by Gasteiger charge is -2.24. The van der Waals surface area contributed by atoms with Gasteiger partial charge < -0.3 is 9.84 Å². The Morgan fingerprint density at radius 3 is 2.67 bits per heavy atom. The number of esters is 1. The van der Waals surface area contributed by atoms with Crippen molar-refractivity contribution in [2.75, 3.05) is 6.61 Å². The highest BCUT2D eigenvalue weighted by molar-refractivity contribution is 9.10. The zero-order valence-corrected chi connectivity index (χ0v) is 21.3. The van der Waals surface area contributed by atoms with E-state index in [4.69, 9.17) is 27.9 Å². The Morgan fingerprint density at radius 1 is 1.30 bits per heavy atom. The molecule has 1 aromatic heterocycles. The maximum Gasteiger partial charge on any atom is 0.338 e. The van der Waals surface area contributed by atoms with Crippen LogP contribution in [0.2, 0.25) is 10.0 Å². The van der Waals surface area contributed by atoms with Crippen LogP contribution in [0, 0.1) is 0 Å². The van der Waals surface area contributed by atoms with Crippen LogP contribution in [-0.2, 0) is 9.53 Å². The maximum atomic E-state index is 13.5. The van der Waals surface area contributed by atoms with E-state index in [1.807, 2.05) is 0 Å². The Bertz CT molecular complexity index is 1480. The van der Waals surface area contributed by atoms with Gasteiger partial charge in [-0.2, -0.15) is 0 Å². The number of ether oxygens (including phenoxy) is 1. The van der Waals surface area contributed by atoms with Crippen molar-refractivity contribution in [3.63, 3.8) is 0 Å². The van der Waals surface area contributed by atoms with Gasteiger partial charge in [-0.05, 0) is 49.8 Å². The van der Waals surface area contributed by atoms with Gasteiger partial charge in [0.1, 0.15) is 5.75 Å². The van der Waals surface area contributed by atoms with Crippen LogP contribution in [0.4, 0.5) is 0 Å². The van der Waals surface area contributed by atoms with E-state index >= 15 is 0 Å². The van der Waals surface area contributed by atoms with Crippen molar-refractivity contribution in [2.24, 2.45) is 4.99 Å². The Labute approximate surface area is 211 Å². The van der Waals surface area contributed by atoms with Crippen molar-refractivity contribution in [1.29, 1.82) is 0 Å². The molecule has 3 aromatic rings. The molecule has 1 aliphatic heterocycles. The van der Waals surface area contributed by atoms with E-state index < -0.39 is 12.0 Å². The summed E-state index contributed by atoms with van der Waals surface area (Å²) in [6, 6.07) is 9.42. The highest BCUT2D eigenvalue weighted by Crippen LogP contribution is 2.33. The topological polar surface area (TPSA) is 80.9 Å². The second-order valence-corrected chi connectivity index (χ2v) is 9.95. The number of carbonyl (C=O) groups is 1. The Hall–Kier alpha value is -2.39. The van der Waals surface area contributed by atoms with Crippen molar-refractivity contribution >= 4 is 62.5 Å². The molecule has 0 unspecified atom stereocenters. The second-order valence-electron chi connectivity index (χ2n) is 7.18. The Kier molecular flexibility index (Phi) is 6.81. The molecule has 2 aromatic carbocycles. The van der Waals surface area contributed by atoms with Crippen LogP contribution in [0.1, 0.15) is 31.0 Å². The lowest BCUT2D eigenvalue weighted by Crippen LogP contribution is -2.39. The molecule has 1 N–H and O–H groups in total. The fourth-order valence-electron chi connectivity index (χ4n) is 3.59. The molecule has 6 nitrogen and oxygen atoms in total.